The molecule has 28 heavy (non-hydrogen) atoms. The van der Waals surface area contributed by atoms with Gasteiger partial charge in [0.05, 0.1) is 12.4 Å². The number of likely N-dealkylation sites (N-methyl/N-ethyl adjacent to an activating group) is 1. The summed E-state index contributed by atoms with van der Waals surface area (Å²) < 4.78 is 0. The zero-order valence-electron chi connectivity index (χ0n) is 16.9. The topological polar surface area (TPSA) is 41.1 Å². The summed E-state index contributed by atoms with van der Waals surface area (Å²) in [6.45, 7) is 6.25. The van der Waals surface area contributed by atoms with E-state index in [-0.39, 0.29) is 0 Å². The van der Waals surface area contributed by atoms with Gasteiger partial charge in [0, 0.05) is 50.5 Å². The van der Waals surface area contributed by atoms with Gasteiger partial charge < -0.3 is 24.6 Å². The van der Waals surface area contributed by atoms with E-state index in [1.165, 1.54) is 48.1 Å². The van der Waals surface area contributed by atoms with Crippen LogP contribution in [-0.4, -0.2) is 84.0 Å². The Hall–Kier alpha value is -2.47. The molecule has 1 N–H and O–H groups in total. The van der Waals surface area contributed by atoms with Gasteiger partial charge in [0.25, 0.3) is 0 Å². The fraction of sp³-hybridized carbons (Fsp3) is 0.500. The van der Waals surface area contributed by atoms with Crippen LogP contribution in [0.1, 0.15) is 24.3 Å². The maximum absolute atomic E-state index is 4.74. The summed E-state index contributed by atoms with van der Waals surface area (Å²) >= 11 is 0. The lowest BCUT2D eigenvalue weighted by Crippen LogP contribution is -2.44. The van der Waals surface area contributed by atoms with E-state index in [0.717, 1.165) is 32.3 Å². The highest BCUT2D eigenvalue weighted by molar-refractivity contribution is 5.99. The van der Waals surface area contributed by atoms with Gasteiger partial charge in [0.1, 0.15) is 6.67 Å². The van der Waals surface area contributed by atoms with Crippen molar-refractivity contribution in [3.05, 3.63) is 47.9 Å². The van der Waals surface area contributed by atoms with Crippen molar-refractivity contribution in [1.82, 2.24) is 24.6 Å². The second-order valence-electron chi connectivity index (χ2n) is 8.40. The zero-order valence-corrected chi connectivity index (χ0v) is 16.9. The Labute approximate surface area is 167 Å². The lowest BCUT2D eigenvalue weighted by atomic mass is 9.89. The molecule has 0 amide bonds. The maximum atomic E-state index is 4.74. The predicted molar refractivity (Wildman–Crippen MR) is 114 cm³/mol. The van der Waals surface area contributed by atoms with Crippen LogP contribution >= 0.6 is 0 Å². The molecule has 0 spiro atoms. The molecule has 6 heteroatoms. The summed E-state index contributed by atoms with van der Waals surface area (Å²) in [6, 6.07) is 8.69. The smallest absolute Gasteiger partial charge is 0.152 e. The molecule has 0 radical (unpaired) electrons. The Bertz CT molecular complexity index is 905. The van der Waals surface area contributed by atoms with E-state index < -0.39 is 0 Å². The zero-order chi connectivity index (χ0) is 19.1. The van der Waals surface area contributed by atoms with Gasteiger partial charge in [-0.3, -0.25) is 0 Å². The van der Waals surface area contributed by atoms with Gasteiger partial charge >= 0.3 is 0 Å². The molecule has 0 atom stereocenters. The first-order chi connectivity index (χ1) is 13.7. The first-order valence-corrected chi connectivity index (χ1v) is 10.4. The molecular formula is C22H30N6. The number of likely N-dealkylation sites (tertiary alicyclic amines) is 1. The Balaban J connectivity index is 1.16. The number of aliphatic imine (C=N–C) groups is 1. The van der Waals surface area contributed by atoms with Gasteiger partial charge in [-0.25, -0.2) is 4.99 Å². The van der Waals surface area contributed by atoms with E-state index in [9.17, 15) is 0 Å². The largest absolute Gasteiger partial charge is 0.361 e. The summed E-state index contributed by atoms with van der Waals surface area (Å²) in [4.78, 5) is 17.7. The van der Waals surface area contributed by atoms with Crippen molar-refractivity contribution in [1.29, 1.82) is 0 Å². The molecule has 4 heterocycles. The van der Waals surface area contributed by atoms with Crippen LogP contribution in [-0.2, 0) is 0 Å². The minimum atomic E-state index is 0.678. The summed E-state index contributed by atoms with van der Waals surface area (Å²) in [6.07, 6.45) is 6.97. The number of aromatic amines is 1. The number of fused-ring (bicyclic) bond motifs is 2. The van der Waals surface area contributed by atoms with Gasteiger partial charge in [0.2, 0.25) is 0 Å². The molecule has 0 bridgehead atoms. The minimum Gasteiger partial charge on any atom is -0.361 e. The molecule has 0 saturated carbocycles. The van der Waals surface area contributed by atoms with Crippen molar-refractivity contribution in [3.8, 4) is 0 Å². The van der Waals surface area contributed by atoms with Gasteiger partial charge in [-0.05, 0) is 43.5 Å². The molecule has 0 unspecified atom stereocenters. The molecule has 0 aliphatic carbocycles. The van der Waals surface area contributed by atoms with Crippen molar-refractivity contribution in [2.24, 2.45) is 4.99 Å². The summed E-state index contributed by atoms with van der Waals surface area (Å²) in [5.74, 6) is 1.83. The number of nitrogens with zero attached hydrogens (tertiary/aromatic N) is 5. The first-order valence-electron chi connectivity index (χ1n) is 10.4. The molecule has 1 saturated heterocycles. The Kier molecular flexibility index (Phi) is 4.51. The average molecular weight is 379 g/mol. The van der Waals surface area contributed by atoms with Crippen LogP contribution in [0.25, 0.3) is 10.9 Å². The Morgan fingerprint density at radius 2 is 1.93 bits per heavy atom. The van der Waals surface area contributed by atoms with Crippen molar-refractivity contribution >= 4 is 16.7 Å². The molecule has 1 aromatic carbocycles. The number of rotatable bonds is 4. The third kappa shape index (κ3) is 3.15. The van der Waals surface area contributed by atoms with E-state index in [0.29, 0.717) is 5.92 Å². The molecule has 3 aliphatic rings. The van der Waals surface area contributed by atoms with Crippen LogP contribution in [0.2, 0.25) is 0 Å². The maximum Gasteiger partial charge on any atom is 0.152 e. The number of hydrogen-bond donors (Lipinski definition) is 1. The summed E-state index contributed by atoms with van der Waals surface area (Å²) in [5.41, 5.74) is 4.05. The Morgan fingerprint density at radius 3 is 2.79 bits per heavy atom. The number of nitrogens with one attached hydrogen (secondary N) is 1. The molecule has 6 nitrogen and oxygen atoms in total. The van der Waals surface area contributed by atoms with Crippen molar-refractivity contribution in [2.45, 2.75) is 18.8 Å². The minimum absolute atomic E-state index is 0.678. The van der Waals surface area contributed by atoms with Crippen molar-refractivity contribution in [3.63, 3.8) is 0 Å². The van der Waals surface area contributed by atoms with Crippen LogP contribution in [0.15, 0.2) is 47.4 Å². The van der Waals surface area contributed by atoms with Crippen LogP contribution in [0.3, 0.4) is 0 Å². The second-order valence-corrected chi connectivity index (χ2v) is 8.40. The summed E-state index contributed by atoms with van der Waals surface area (Å²) in [5, 5.41) is 1.40. The van der Waals surface area contributed by atoms with Crippen LogP contribution in [0.4, 0.5) is 0 Å². The third-order valence-electron chi connectivity index (χ3n) is 6.44. The van der Waals surface area contributed by atoms with Crippen LogP contribution < -0.4 is 0 Å². The predicted octanol–water partition coefficient (Wildman–Crippen LogP) is 2.70. The van der Waals surface area contributed by atoms with Gasteiger partial charge in [-0.15, -0.1) is 0 Å². The standard InChI is InChI=1S/C22H30N6/c1-25-14-21-22(26(2)16-25)24-15-28(21)12-11-27-9-7-17(8-10-27)19-13-23-20-6-4-3-5-18(19)20/h3-6,13-14,17,23H,7-12,15-16H2,1-2H3. The molecular weight excluding hydrogens is 348 g/mol. The highest BCUT2D eigenvalue weighted by atomic mass is 15.4. The Morgan fingerprint density at radius 1 is 1.11 bits per heavy atom. The van der Waals surface area contributed by atoms with Gasteiger partial charge in [-0.1, -0.05) is 18.2 Å². The van der Waals surface area contributed by atoms with E-state index in [2.05, 4.69) is 75.3 Å². The van der Waals surface area contributed by atoms with Crippen LogP contribution in [0.5, 0.6) is 0 Å². The number of hydrogen-bond acceptors (Lipinski definition) is 5. The second kappa shape index (κ2) is 7.17. The molecule has 2 aromatic rings. The lowest BCUT2D eigenvalue weighted by Gasteiger charge is -2.35. The fourth-order valence-corrected chi connectivity index (χ4v) is 4.91. The van der Waals surface area contributed by atoms with Crippen molar-refractivity contribution < 1.29 is 0 Å². The van der Waals surface area contributed by atoms with E-state index in [1.807, 2.05) is 0 Å². The van der Waals surface area contributed by atoms with Gasteiger partial charge in [-0.2, -0.15) is 0 Å². The first kappa shape index (κ1) is 17.6. The highest BCUT2D eigenvalue weighted by Crippen LogP contribution is 2.33. The number of piperidine rings is 1. The SMILES string of the molecule is CN1C=C2C(=NCN2CCN2CCC(c3c[nH]c4ccccc34)CC2)N(C)C1. The normalized spacial score (nSPS) is 21.3. The summed E-state index contributed by atoms with van der Waals surface area (Å²) in [7, 11) is 4.26. The highest BCUT2D eigenvalue weighted by Gasteiger charge is 2.29. The molecule has 148 valence electrons. The molecule has 5 rings (SSSR count). The number of para-hydroxylation sites is 1. The third-order valence-corrected chi connectivity index (χ3v) is 6.44. The molecule has 3 aliphatic heterocycles. The number of aromatic nitrogens is 1. The number of benzene rings is 1. The lowest BCUT2D eigenvalue weighted by molar-refractivity contribution is 0.190. The number of amidine groups is 1. The quantitative estimate of drug-likeness (QED) is 0.888. The average Bonchev–Trinajstić information content (AvgIpc) is 3.31. The van der Waals surface area contributed by atoms with E-state index >= 15 is 0 Å². The van der Waals surface area contributed by atoms with E-state index in [1.54, 1.807) is 0 Å². The molecule has 1 aromatic heterocycles. The van der Waals surface area contributed by atoms with Crippen LogP contribution in [0, 0.1) is 0 Å². The molecule has 1 fully saturated rings. The van der Waals surface area contributed by atoms with Gasteiger partial charge in [0.15, 0.2) is 5.84 Å². The van der Waals surface area contributed by atoms with Crippen molar-refractivity contribution in [2.75, 3.05) is 53.6 Å². The number of H-pyrrole nitrogens is 1. The van der Waals surface area contributed by atoms with E-state index in [4.69, 9.17) is 4.99 Å². The fourth-order valence-electron chi connectivity index (χ4n) is 4.91. The monoisotopic (exact) mass is 378 g/mol.